The largest absolute Gasteiger partial charge is 0.103 e. The van der Waals surface area contributed by atoms with Crippen molar-refractivity contribution in [2.45, 2.75) is 20.3 Å². The highest BCUT2D eigenvalue weighted by atomic mass is 13.9. The fraction of sp³-hybridized carbons (Fsp3) is 0.500. The molecule has 0 aromatic rings. The van der Waals surface area contributed by atoms with Crippen molar-refractivity contribution in [2.24, 2.45) is 0 Å². The van der Waals surface area contributed by atoms with Gasteiger partial charge in [0.05, 0.1) is 0 Å². The third kappa shape index (κ3) is 3.74. The zero-order chi connectivity index (χ0) is 4.99. The Kier molecular flexibility index (Phi) is 2.82. The summed E-state index contributed by atoms with van der Waals surface area (Å²) in [6, 6.07) is 0. The van der Waals surface area contributed by atoms with Gasteiger partial charge in [0.15, 0.2) is 0 Å². The van der Waals surface area contributed by atoms with Crippen LogP contribution in [0.5, 0.6) is 0 Å². The minimum Gasteiger partial charge on any atom is -0.103 e. The minimum atomic E-state index is 1.06. The van der Waals surface area contributed by atoms with Crippen molar-refractivity contribution < 1.29 is 0 Å². The van der Waals surface area contributed by atoms with Gasteiger partial charge in [-0.05, 0) is 12.3 Å². The molecule has 0 bridgehead atoms. The monoisotopic (exact) mass is 83.1 g/mol. The van der Waals surface area contributed by atoms with Crippen molar-refractivity contribution in [3.8, 4) is 0 Å². The number of hydrogen-bond donors (Lipinski definition) is 0. The molecule has 0 fully saturated rings. The lowest BCUT2D eigenvalue weighted by Crippen LogP contribution is -1.75. The average Bonchev–Trinajstić information content (AvgIpc) is 1.35. The van der Waals surface area contributed by atoms with Crippen LogP contribution in [0, 0.1) is 5.92 Å². The molecule has 0 spiro atoms. The van der Waals surface area contributed by atoms with Crippen molar-refractivity contribution in [2.75, 3.05) is 0 Å². The number of hydrogen-bond acceptors (Lipinski definition) is 0. The van der Waals surface area contributed by atoms with E-state index in [1.807, 2.05) is 6.08 Å². The molecule has 0 nitrogen and oxygen atoms in total. The Balaban J connectivity index is 2.81. The quantitative estimate of drug-likeness (QED) is 0.449. The lowest BCUT2D eigenvalue weighted by Gasteiger charge is -1.91. The first-order valence-electron chi connectivity index (χ1n) is 2.17. The Morgan fingerprint density at radius 1 is 1.67 bits per heavy atom. The van der Waals surface area contributed by atoms with Crippen molar-refractivity contribution in [1.82, 2.24) is 0 Å². The molecule has 0 aliphatic heterocycles. The molecule has 0 atom stereocenters. The van der Waals surface area contributed by atoms with Gasteiger partial charge < -0.3 is 0 Å². The Hall–Kier alpha value is -0.260. The number of allylic oxidation sites excluding steroid dienone is 1. The molecule has 6 heavy (non-hydrogen) atoms. The molecular formula is C6H11. The normalized spacial score (nSPS) is 9.17. The van der Waals surface area contributed by atoms with E-state index in [-0.39, 0.29) is 0 Å². The molecule has 35 valence electrons. The van der Waals surface area contributed by atoms with E-state index < -0.39 is 0 Å². The predicted octanol–water partition coefficient (Wildman–Crippen LogP) is 2.18. The predicted molar refractivity (Wildman–Crippen MR) is 29.4 cm³/mol. The molecule has 0 aromatic carbocycles. The topological polar surface area (TPSA) is 0 Å². The first kappa shape index (κ1) is 5.74. The standard InChI is InChI=1S/C6H11/c1-4-5-6(2)3/h4H,1,5H2,2-3H3. The van der Waals surface area contributed by atoms with Gasteiger partial charge in [-0.25, -0.2) is 0 Å². The van der Waals surface area contributed by atoms with Gasteiger partial charge >= 0.3 is 0 Å². The van der Waals surface area contributed by atoms with Crippen LogP contribution in [0.3, 0.4) is 0 Å². The molecular weight excluding hydrogens is 72.1 g/mol. The second-order valence-electron chi connectivity index (χ2n) is 1.70. The van der Waals surface area contributed by atoms with Crippen molar-refractivity contribution in [3.05, 3.63) is 18.6 Å². The molecule has 0 amide bonds. The molecule has 0 N–H and O–H groups in total. The van der Waals surface area contributed by atoms with E-state index >= 15 is 0 Å². The third-order valence-electron chi connectivity index (χ3n) is 0.553. The van der Waals surface area contributed by atoms with Gasteiger partial charge in [0.2, 0.25) is 0 Å². The van der Waals surface area contributed by atoms with Gasteiger partial charge in [-0.2, -0.15) is 0 Å². The lowest BCUT2D eigenvalue weighted by atomic mass is 10.1. The molecule has 0 rings (SSSR count). The van der Waals surface area contributed by atoms with Crippen LogP contribution in [0.25, 0.3) is 0 Å². The summed E-state index contributed by atoms with van der Waals surface area (Å²) >= 11 is 0. The summed E-state index contributed by atoms with van der Waals surface area (Å²) in [6.07, 6.45) is 2.97. The van der Waals surface area contributed by atoms with Gasteiger partial charge in [-0.1, -0.05) is 19.9 Å². The van der Waals surface area contributed by atoms with E-state index in [1.165, 1.54) is 5.92 Å². The van der Waals surface area contributed by atoms with E-state index in [1.54, 1.807) is 0 Å². The van der Waals surface area contributed by atoms with Crippen LogP contribution in [0.1, 0.15) is 20.3 Å². The van der Waals surface area contributed by atoms with Crippen LogP contribution < -0.4 is 0 Å². The van der Waals surface area contributed by atoms with Gasteiger partial charge in [0.1, 0.15) is 0 Å². The summed E-state index contributed by atoms with van der Waals surface area (Å²) in [4.78, 5) is 0. The maximum Gasteiger partial charge on any atom is -0.0266 e. The van der Waals surface area contributed by atoms with Crippen molar-refractivity contribution in [1.29, 1.82) is 0 Å². The molecule has 0 saturated carbocycles. The molecule has 0 aliphatic carbocycles. The summed E-state index contributed by atoms with van der Waals surface area (Å²) in [5.41, 5.74) is 0. The zero-order valence-electron chi connectivity index (χ0n) is 4.49. The summed E-state index contributed by atoms with van der Waals surface area (Å²) in [7, 11) is 0. The molecule has 0 heterocycles. The van der Waals surface area contributed by atoms with Crippen molar-refractivity contribution in [3.63, 3.8) is 0 Å². The van der Waals surface area contributed by atoms with E-state index in [0.29, 0.717) is 0 Å². The van der Waals surface area contributed by atoms with Crippen LogP contribution in [0.15, 0.2) is 12.7 Å². The van der Waals surface area contributed by atoms with Gasteiger partial charge in [0.25, 0.3) is 0 Å². The highest BCUT2D eigenvalue weighted by Gasteiger charge is 1.83. The van der Waals surface area contributed by atoms with E-state index in [9.17, 15) is 0 Å². The molecule has 0 saturated heterocycles. The van der Waals surface area contributed by atoms with Crippen LogP contribution in [0.4, 0.5) is 0 Å². The van der Waals surface area contributed by atoms with Gasteiger partial charge in [0, 0.05) is 0 Å². The fourth-order valence-corrected chi connectivity index (χ4v) is 0.289. The SMILES string of the molecule is C=CC[C](C)C. The zero-order valence-corrected chi connectivity index (χ0v) is 4.49. The van der Waals surface area contributed by atoms with Gasteiger partial charge in [-0.15, -0.1) is 6.58 Å². The van der Waals surface area contributed by atoms with Crippen LogP contribution >= 0.6 is 0 Å². The summed E-state index contributed by atoms with van der Waals surface area (Å²) in [5, 5.41) is 0. The molecule has 0 unspecified atom stereocenters. The second kappa shape index (κ2) is 2.95. The molecule has 0 aromatic heterocycles. The Morgan fingerprint density at radius 3 is 2.17 bits per heavy atom. The van der Waals surface area contributed by atoms with Gasteiger partial charge in [-0.3, -0.25) is 0 Å². The second-order valence-corrected chi connectivity index (χ2v) is 1.70. The molecule has 0 heteroatoms. The van der Waals surface area contributed by atoms with E-state index in [0.717, 1.165) is 6.42 Å². The maximum absolute atomic E-state index is 3.58. The summed E-state index contributed by atoms with van der Waals surface area (Å²) < 4.78 is 0. The van der Waals surface area contributed by atoms with Crippen LogP contribution in [0.2, 0.25) is 0 Å². The van der Waals surface area contributed by atoms with E-state index in [4.69, 9.17) is 0 Å². The average molecular weight is 83.2 g/mol. The molecule has 1 radical (unpaired) electrons. The first-order chi connectivity index (χ1) is 2.77. The summed E-state index contributed by atoms with van der Waals surface area (Å²) in [6.45, 7) is 7.78. The van der Waals surface area contributed by atoms with E-state index in [2.05, 4.69) is 20.4 Å². The van der Waals surface area contributed by atoms with Crippen LogP contribution in [-0.2, 0) is 0 Å². The lowest BCUT2D eigenvalue weighted by molar-refractivity contribution is 0.994. The number of rotatable bonds is 2. The minimum absolute atomic E-state index is 1.06. The first-order valence-corrected chi connectivity index (χ1v) is 2.17. The third-order valence-corrected chi connectivity index (χ3v) is 0.553. The maximum atomic E-state index is 3.58. The Bertz CT molecular complexity index is 35.3. The highest BCUT2D eigenvalue weighted by Crippen LogP contribution is 1.99. The Labute approximate surface area is 39.9 Å². The fourth-order valence-electron chi connectivity index (χ4n) is 0.289. The molecule has 0 aliphatic rings. The summed E-state index contributed by atoms with van der Waals surface area (Å²) in [5.74, 6) is 1.42. The van der Waals surface area contributed by atoms with Crippen LogP contribution in [-0.4, -0.2) is 0 Å². The smallest absolute Gasteiger partial charge is 0.0266 e. The highest BCUT2D eigenvalue weighted by molar-refractivity contribution is 4.86. The Morgan fingerprint density at radius 2 is 2.17 bits per heavy atom. The van der Waals surface area contributed by atoms with Crippen molar-refractivity contribution >= 4 is 0 Å².